The summed E-state index contributed by atoms with van der Waals surface area (Å²) in [5.74, 6) is 0.908. The fourth-order valence-corrected chi connectivity index (χ4v) is 4.52. The monoisotopic (exact) mass is 275 g/mol. The number of thiazole rings is 1. The zero-order valence-corrected chi connectivity index (χ0v) is 11.8. The van der Waals surface area contributed by atoms with Gasteiger partial charge in [0.1, 0.15) is 4.88 Å². The Morgan fingerprint density at radius 1 is 1.53 bits per heavy atom. The lowest BCUT2D eigenvalue weighted by molar-refractivity contribution is -0.0690. The van der Waals surface area contributed by atoms with Crippen LogP contribution in [0.2, 0.25) is 0 Å². The number of imidazole rings is 1. The Labute approximate surface area is 116 Å². The van der Waals surface area contributed by atoms with Crippen LogP contribution < -0.4 is 0 Å². The second-order valence-electron chi connectivity index (χ2n) is 5.93. The number of nitrogens with zero attached hydrogens (tertiary/aromatic N) is 3. The molecule has 2 aromatic rings. The van der Waals surface area contributed by atoms with Crippen LogP contribution in [0.15, 0.2) is 18.6 Å². The van der Waals surface area contributed by atoms with Gasteiger partial charge < -0.3 is 4.90 Å². The molecule has 0 N–H and O–H groups in total. The minimum absolute atomic E-state index is 0.113. The average Bonchev–Trinajstić information content (AvgIpc) is 2.95. The van der Waals surface area contributed by atoms with Gasteiger partial charge >= 0.3 is 0 Å². The predicted molar refractivity (Wildman–Crippen MR) is 74.5 cm³/mol. The van der Waals surface area contributed by atoms with Gasteiger partial charge in [0.05, 0.1) is 0 Å². The fraction of sp³-hybridized carbons (Fsp3) is 0.571. The van der Waals surface area contributed by atoms with Crippen molar-refractivity contribution in [2.45, 2.75) is 38.1 Å². The number of amides is 1. The molecule has 2 aliphatic rings. The third-order valence-corrected chi connectivity index (χ3v) is 5.93. The van der Waals surface area contributed by atoms with Gasteiger partial charge in [0.25, 0.3) is 5.91 Å². The highest BCUT2D eigenvalue weighted by Gasteiger charge is 2.52. The summed E-state index contributed by atoms with van der Waals surface area (Å²) >= 11 is 1.49. The van der Waals surface area contributed by atoms with Crippen LogP contribution in [-0.2, 0) is 0 Å². The number of aromatic nitrogens is 2. The van der Waals surface area contributed by atoms with E-state index in [0.717, 1.165) is 22.8 Å². The quantitative estimate of drug-likeness (QED) is 0.802. The molecule has 1 aliphatic heterocycles. The summed E-state index contributed by atoms with van der Waals surface area (Å²) in [6.07, 6.45) is 10.6. The van der Waals surface area contributed by atoms with Crippen LogP contribution >= 0.6 is 11.3 Å². The zero-order chi connectivity index (χ0) is 13.0. The summed E-state index contributed by atoms with van der Waals surface area (Å²) in [7, 11) is 0. The minimum atomic E-state index is 0.113. The van der Waals surface area contributed by atoms with Crippen molar-refractivity contribution in [3.05, 3.63) is 23.5 Å². The Morgan fingerprint density at radius 2 is 2.42 bits per heavy atom. The highest BCUT2D eigenvalue weighted by Crippen LogP contribution is 2.47. The lowest BCUT2D eigenvalue weighted by atomic mass is 9.66. The van der Waals surface area contributed by atoms with E-state index in [1.165, 1.54) is 30.6 Å². The molecule has 2 atom stereocenters. The molecule has 4 nitrogen and oxygen atoms in total. The molecule has 2 fully saturated rings. The van der Waals surface area contributed by atoms with Crippen molar-refractivity contribution in [3.8, 4) is 0 Å². The van der Waals surface area contributed by atoms with Gasteiger partial charge in [-0.2, -0.15) is 0 Å². The highest BCUT2D eigenvalue weighted by atomic mass is 32.1. The molecule has 1 saturated heterocycles. The van der Waals surface area contributed by atoms with Crippen molar-refractivity contribution < 1.29 is 4.79 Å². The van der Waals surface area contributed by atoms with Crippen molar-refractivity contribution in [1.82, 2.24) is 14.3 Å². The number of carbonyl (C=O) groups excluding carboxylic acids is 1. The Kier molecular flexibility index (Phi) is 2.31. The third-order valence-electron chi connectivity index (χ3n) is 4.93. The van der Waals surface area contributed by atoms with Crippen molar-refractivity contribution >= 4 is 22.2 Å². The Morgan fingerprint density at radius 3 is 3.21 bits per heavy atom. The maximum atomic E-state index is 12.6. The van der Waals surface area contributed by atoms with Gasteiger partial charge in [-0.1, -0.05) is 24.2 Å². The minimum Gasteiger partial charge on any atom is -0.332 e. The van der Waals surface area contributed by atoms with Gasteiger partial charge in [-0.25, -0.2) is 4.98 Å². The summed E-state index contributed by atoms with van der Waals surface area (Å²) < 4.78 is 1.93. The first kappa shape index (κ1) is 11.5. The molecule has 0 spiro atoms. The Balaban J connectivity index is 1.62. The van der Waals surface area contributed by atoms with Gasteiger partial charge in [-0.05, 0) is 25.7 Å². The molecular weight excluding hydrogens is 258 g/mol. The van der Waals surface area contributed by atoms with E-state index in [1.54, 1.807) is 6.20 Å². The standard InChI is InChI=1S/C14H17N3OS/c1-14-5-3-2-4-10(14)8-17(14)12(18)11-9-16-7-6-15-13(16)19-11/h6-7,9-10H,2-5,8H2,1H3/t10-,14-/m0/s1. The molecule has 0 radical (unpaired) electrons. The molecule has 100 valence electrons. The van der Waals surface area contributed by atoms with Crippen molar-refractivity contribution in [1.29, 1.82) is 0 Å². The van der Waals surface area contributed by atoms with E-state index in [0.29, 0.717) is 5.92 Å². The number of hydrogen-bond donors (Lipinski definition) is 0. The Hall–Kier alpha value is -1.36. The molecule has 5 heteroatoms. The second kappa shape index (κ2) is 3.82. The number of likely N-dealkylation sites (tertiary alicyclic amines) is 1. The Bertz CT molecular complexity index is 617. The van der Waals surface area contributed by atoms with Crippen molar-refractivity contribution in [2.24, 2.45) is 5.92 Å². The van der Waals surface area contributed by atoms with E-state index >= 15 is 0 Å². The summed E-state index contributed by atoms with van der Waals surface area (Å²) in [6, 6.07) is 0. The number of fused-ring (bicyclic) bond motifs is 2. The largest absolute Gasteiger partial charge is 0.332 e. The lowest BCUT2D eigenvalue weighted by Gasteiger charge is -2.59. The first-order valence-electron chi connectivity index (χ1n) is 6.93. The number of carbonyl (C=O) groups is 1. The maximum Gasteiger partial charge on any atom is 0.266 e. The topological polar surface area (TPSA) is 37.6 Å². The number of hydrogen-bond acceptors (Lipinski definition) is 3. The smallest absolute Gasteiger partial charge is 0.266 e. The molecule has 0 aromatic carbocycles. The second-order valence-corrected chi connectivity index (χ2v) is 6.94. The van der Waals surface area contributed by atoms with Crippen LogP contribution in [0.5, 0.6) is 0 Å². The molecule has 19 heavy (non-hydrogen) atoms. The SMILES string of the molecule is C[C@]12CCCC[C@H]1CN2C(=O)c1cn2ccnc2s1. The van der Waals surface area contributed by atoms with Crippen LogP contribution in [0.1, 0.15) is 42.3 Å². The maximum absolute atomic E-state index is 12.6. The van der Waals surface area contributed by atoms with Crippen molar-refractivity contribution in [3.63, 3.8) is 0 Å². The predicted octanol–water partition coefficient (Wildman–Crippen LogP) is 2.80. The van der Waals surface area contributed by atoms with E-state index in [4.69, 9.17) is 0 Å². The molecule has 2 aromatic heterocycles. The van der Waals surface area contributed by atoms with Gasteiger partial charge in [-0.3, -0.25) is 9.20 Å². The first-order valence-corrected chi connectivity index (χ1v) is 7.74. The first-order chi connectivity index (χ1) is 9.18. The van der Waals surface area contributed by atoms with Crippen LogP contribution in [0.4, 0.5) is 0 Å². The van der Waals surface area contributed by atoms with E-state index in [9.17, 15) is 4.79 Å². The van der Waals surface area contributed by atoms with E-state index in [1.807, 2.05) is 16.8 Å². The van der Waals surface area contributed by atoms with Crippen LogP contribution in [0.3, 0.4) is 0 Å². The molecule has 0 unspecified atom stereocenters. The van der Waals surface area contributed by atoms with E-state index in [-0.39, 0.29) is 11.4 Å². The molecular formula is C14H17N3OS. The molecule has 1 aliphatic carbocycles. The molecule has 0 bridgehead atoms. The fourth-order valence-electron chi connectivity index (χ4n) is 3.62. The highest BCUT2D eigenvalue weighted by molar-refractivity contribution is 7.18. The summed E-state index contributed by atoms with van der Waals surface area (Å²) in [4.78, 5) is 20.7. The summed E-state index contributed by atoms with van der Waals surface area (Å²) in [5, 5.41) is 0. The van der Waals surface area contributed by atoms with Gasteiger partial charge in [0, 0.05) is 30.7 Å². The zero-order valence-electron chi connectivity index (χ0n) is 11.0. The lowest BCUT2D eigenvalue weighted by Crippen LogP contribution is -2.68. The average molecular weight is 275 g/mol. The molecule has 3 heterocycles. The summed E-state index contributed by atoms with van der Waals surface area (Å²) in [5.41, 5.74) is 0.113. The number of rotatable bonds is 1. The summed E-state index contributed by atoms with van der Waals surface area (Å²) in [6.45, 7) is 3.20. The molecule has 4 rings (SSSR count). The van der Waals surface area contributed by atoms with Crippen LogP contribution in [0.25, 0.3) is 4.96 Å². The van der Waals surface area contributed by atoms with Crippen LogP contribution in [0, 0.1) is 5.92 Å². The molecule has 1 amide bonds. The third kappa shape index (κ3) is 1.51. The normalized spacial score (nSPS) is 30.2. The van der Waals surface area contributed by atoms with Gasteiger partial charge in [0.15, 0.2) is 4.96 Å². The van der Waals surface area contributed by atoms with Crippen molar-refractivity contribution in [2.75, 3.05) is 6.54 Å². The van der Waals surface area contributed by atoms with Gasteiger partial charge in [-0.15, -0.1) is 0 Å². The molecule has 1 saturated carbocycles. The van der Waals surface area contributed by atoms with E-state index in [2.05, 4.69) is 16.8 Å². The van der Waals surface area contributed by atoms with E-state index < -0.39 is 0 Å². The van der Waals surface area contributed by atoms with Crippen LogP contribution in [-0.4, -0.2) is 32.3 Å². The van der Waals surface area contributed by atoms with Gasteiger partial charge in [0.2, 0.25) is 0 Å².